The predicted octanol–water partition coefficient (Wildman–Crippen LogP) is 4.83. The molecular weight excluding hydrogens is 480 g/mol. The number of piperazine rings is 1. The van der Waals surface area contributed by atoms with Crippen molar-refractivity contribution >= 4 is 28.9 Å². The standard InChI is InChI=1S/C28H34N8O2/c1-18-14-20(17-35-10-12-36(13-11-35)27(37)38-28(3,4)5)15-25(30-18)34-26-32-23-7-6-21(16-24(23)33-26)22-8-9-29-19(2)31-22/h6-9,14-16H,10-13,17H2,1-5H3,(H2,30,32,33,34). The molecule has 0 unspecified atom stereocenters. The van der Waals surface area contributed by atoms with E-state index in [0.717, 1.165) is 64.8 Å². The van der Waals surface area contributed by atoms with Gasteiger partial charge in [0.25, 0.3) is 0 Å². The minimum absolute atomic E-state index is 0.242. The second kappa shape index (κ2) is 10.4. The third-order valence-corrected chi connectivity index (χ3v) is 6.24. The molecule has 1 aliphatic heterocycles. The van der Waals surface area contributed by atoms with Crippen LogP contribution in [0.15, 0.2) is 42.6 Å². The molecule has 10 nitrogen and oxygen atoms in total. The van der Waals surface area contributed by atoms with Crippen LogP contribution in [0.5, 0.6) is 0 Å². The van der Waals surface area contributed by atoms with Gasteiger partial charge in [0.15, 0.2) is 0 Å². The largest absolute Gasteiger partial charge is 0.444 e. The number of nitrogens with one attached hydrogen (secondary N) is 2. The molecule has 1 aromatic carbocycles. The number of hydrogen-bond donors (Lipinski definition) is 2. The highest BCUT2D eigenvalue weighted by Crippen LogP contribution is 2.24. The highest BCUT2D eigenvalue weighted by molar-refractivity contribution is 5.83. The van der Waals surface area contributed by atoms with Gasteiger partial charge in [-0.1, -0.05) is 6.07 Å². The second-order valence-electron chi connectivity index (χ2n) is 10.7. The van der Waals surface area contributed by atoms with Gasteiger partial charge in [-0.2, -0.15) is 0 Å². The van der Waals surface area contributed by atoms with E-state index in [4.69, 9.17) is 4.74 Å². The highest BCUT2D eigenvalue weighted by Gasteiger charge is 2.26. The van der Waals surface area contributed by atoms with E-state index in [0.29, 0.717) is 19.0 Å². The van der Waals surface area contributed by atoms with E-state index in [1.807, 2.05) is 58.9 Å². The number of carbonyl (C=O) groups is 1. The van der Waals surface area contributed by atoms with Crippen molar-refractivity contribution in [2.24, 2.45) is 0 Å². The molecule has 1 amide bonds. The van der Waals surface area contributed by atoms with Crippen LogP contribution in [0.1, 0.15) is 37.9 Å². The van der Waals surface area contributed by atoms with Gasteiger partial charge in [-0.25, -0.2) is 24.7 Å². The number of ether oxygens (including phenoxy) is 1. The van der Waals surface area contributed by atoms with Gasteiger partial charge in [-0.3, -0.25) is 4.90 Å². The number of aromatic amines is 1. The van der Waals surface area contributed by atoms with Crippen molar-refractivity contribution in [2.45, 2.75) is 46.8 Å². The number of imidazole rings is 1. The number of benzene rings is 1. The van der Waals surface area contributed by atoms with Crippen LogP contribution in [-0.2, 0) is 11.3 Å². The molecular formula is C28H34N8O2. The van der Waals surface area contributed by atoms with Gasteiger partial charge in [0, 0.05) is 50.2 Å². The number of nitrogens with zero attached hydrogens (tertiary/aromatic N) is 6. The fourth-order valence-electron chi connectivity index (χ4n) is 4.54. The Kier molecular flexibility index (Phi) is 6.98. The molecule has 3 aromatic heterocycles. The molecule has 0 spiro atoms. The zero-order valence-corrected chi connectivity index (χ0v) is 22.6. The third-order valence-electron chi connectivity index (χ3n) is 6.24. The second-order valence-corrected chi connectivity index (χ2v) is 10.7. The lowest BCUT2D eigenvalue weighted by atomic mass is 10.1. The van der Waals surface area contributed by atoms with Crippen molar-refractivity contribution in [3.63, 3.8) is 0 Å². The van der Waals surface area contributed by atoms with Gasteiger partial charge in [0.1, 0.15) is 17.2 Å². The number of H-pyrrole nitrogens is 1. The molecule has 0 aliphatic carbocycles. The minimum Gasteiger partial charge on any atom is -0.444 e. The highest BCUT2D eigenvalue weighted by atomic mass is 16.6. The molecule has 4 aromatic rings. The predicted molar refractivity (Wildman–Crippen MR) is 147 cm³/mol. The molecule has 2 N–H and O–H groups in total. The molecule has 1 aliphatic rings. The smallest absolute Gasteiger partial charge is 0.410 e. The summed E-state index contributed by atoms with van der Waals surface area (Å²) in [6, 6.07) is 12.1. The van der Waals surface area contributed by atoms with Crippen molar-refractivity contribution < 1.29 is 9.53 Å². The lowest BCUT2D eigenvalue weighted by Crippen LogP contribution is -2.49. The van der Waals surface area contributed by atoms with Crippen molar-refractivity contribution in [1.82, 2.24) is 34.7 Å². The van der Waals surface area contributed by atoms with Crippen molar-refractivity contribution in [3.8, 4) is 11.3 Å². The number of hydrogen-bond acceptors (Lipinski definition) is 8. The molecule has 0 radical (unpaired) electrons. The molecule has 38 heavy (non-hydrogen) atoms. The SMILES string of the molecule is Cc1cc(CN2CCN(C(=O)OC(C)(C)C)CC2)cc(Nc2nc3ccc(-c4ccnc(C)n4)cc3[nH]2)n1. The van der Waals surface area contributed by atoms with Crippen molar-refractivity contribution in [2.75, 3.05) is 31.5 Å². The summed E-state index contributed by atoms with van der Waals surface area (Å²) in [5.74, 6) is 2.10. The summed E-state index contributed by atoms with van der Waals surface area (Å²) in [7, 11) is 0. The fraction of sp³-hybridized carbons (Fsp3) is 0.393. The fourth-order valence-corrected chi connectivity index (χ4v) is 4.54. The Morgan fingerprint density at radius 2 is 1.82 bits per heavy atom. The zero-order chi connectivity index (χ0) is 26.9. The molecule has 10 heteroatoms. The van der Waals surface area contributed by atoms with E-state index < -0.39 is 5.60 Å². The van der Waals surface area contributed by atoms with E-state index in [1.54, 1.807) is 11.1 Å². The lowest BCUT2D eigenvalue weighted by molar-refractivity contribution is 0.0139. The van der Waals surface area contributed by atoms with E-state index >= 15 is 0 Å². The van der Waals surface area contributed by atoms with Crippen molar-refractivity contribution in [3.05, 3.63) is 59.7 Å². The van der Waals surface area contributed by atoms with E-state index in [-0.39, 0.29) is 6.09 Å². The molecule has 198 valence electrons. The van der Waals surface area contributed by atoms with Gasteiger partial charge in [-0.15, -0.1) is 0 Å². The first kappa shape index (κ1) is 25.6. The molecule has 4 heterocycles. The van der Waals surface area contributed by atoms with Gasteiger partial charge in [-0.05, 0) is 70.5 Å². The molecule has 0 atom stereocenters. The quantitative estimate of drug-likeness (QED) is 0.390. The maximum atomic E-state index is 12.4. The van der Waals surface area contributed by atoms with Crippen LogP contribution in [0.25, 0.3) is 22.3 Å². The number of rotatable bonds is 5. The summed E-state index contributed by atoms with van der Waals surface area (Å²) in [4.78, 5) is 37.9. The minimum atomic E-state index is -0.482. The number of amides is 1. The van der Waals surface area contributed by atoms with Crippen LogP contribution in [0.4, 0.5) is 16.6 Å². The maximum Gasteiger partial charge on any atom is 0.410 e. The van der Waals surface area contributed by atoms with Crippen LogP contribution in [0.3, 0.4) is 0 Å². The summed E-state index contributed by atoms with van der Waals surface area (Å²) >= 11 is 0. The van der Waals surface area contributed by atoms with Crippen LogP contribution in [0, 0.1) is 13.8 Å². The first-order chi connectivity index (χ1) is 18.1. The maximum absolute atomic E-state index is 12.4. The lowest BCUT2D eigenvalue weighted by Gasteiger charge is -2.35. The van der Waals surface area contributed by atoms with Gasteiger partial charge in [0.05, 0.1) is 16.7 Å². The van der Waals surface area contributed by atoms with Crippen LogP contribution < -0.4 is 5.32 Å². The Hall–Kier alpha value is -4.05. The Morgan fingerprint density at radius 1 is 1.03 bits per heavy atom. The average molecular weight is 515 g/mol. The average Bonchev–Trinajstić information content (AvgIpc) is 3.24. The molecule has 1 saturated heterocycles. The molecule has 0 bridgehead atoms. The number of fused-ring (bicyclic) bond motifs is 1. The third kappa shape index (κ3) is 6.25. The van der Waals surface area contributed by atoms with Crippen LogP contribution in [-0.4, -0.2) is 72.6 Å². The van der Waals surface area contributed by atoms with E-state index in [2.05, 4.69) is 47.3 Å². The first-order valence-electron chi connectivity index (χ1n) is 12.9. The summed E-state index contributed by atoms with van der Waals surface area (Å²) in [5.41, 5.74) is 5.25. The zero-order valence-electron chi connectivity index (χ0n) is 22.6. The summed E-state index contributed by atoms with van der Waals surface area (Å²) in [5, 5.41) is 3.33. The Bertz CT molecular complexity index is 1450. The van der Waals surface area contributed by atoms with Crippen LogP contribution >= 0.6 is 0 Å². The number of anilines is 2. The van der Waals surface area contributed by atoms with Crippen LogP contribution in [0.2, 0.25) is 0 Å². The monoisotopic (exact) mass is 514 g/mol. The molecule has 0 saturated carbocycles. The summed E-state index contributed by atoms with van der Waals surface area (Å²) in [6.45, 7) is 13.2. The molecule has 1 fully saturated rings. The number of carbonyl (C=O) groups excluding carboxylic acids is 1. The summed E-state index contributed by atoms with van der Waals surface area (Å²) in [6.07, 6.45) is 1.53. The van der Waals surface area contributed by atoms with E-state index in [9.17, 15) is 4.79 Å². The normalized spacial score (nSPS) is 14.6. The number of aryl methyl sites for hydroxylation is 2. The first-order valence-corrected chi connectivity index (χ1v) is 12.9. The van der Waals surface area contributed by atoms with Gasteiger partial charge in [0.2, 0.25) is 5.95 Å². The van der Waals surface area contributed by atoms with E-state index in [1.165, 1.54) is 0 Å². The number of pyridine rings is 1. The van der Waals surface area contributed by atoms with Crippen molar-refractivity contribution in [1.29, 1.82) is 0 Å². The van der Waals surface area contributed by atoms with Gasteiger partial charge < -0.3 is 19.9 Å². The topological polar surface area (TPSA) is 112 Å². The summed E-state index contributed by atoms with van der Waals surface area (Å²) < 4.78 is 5.51. The Balaban J connectivity index is 1.24. The Morgan fingerprint density at radius 3 is 2.55 bits per heavy atom. The van der Waals surface area contributed by atoms with Gasteiger partial charge >= 0.3 is 6.09 Å². The Labute approximate surface area is 222 Å². The number of aromatic nitrogens is 5. The molecule has 5 rings (SSSR count).